The number of carbonyl (C=O) groups excluding carboxylic acids is 7. The fraction of sp³-hybridized carbons (Fsp3) is 0.437. The molecule has 113 heavy (non-hydrogen) atoms. The largest absolute Gasteiger partial charge is 0.497 e. The van der Waals surface area contributed by atoms with E-state index < -0.39 is 52.7 Å². The lowest BCUT2D eigenvalue weighted by Gasteiger charge is -2.17. The molecule has 0 aromatic heterocycles. The molecule has 0 radical (unpaired) electrons. The van der Waals surface area contributed by atoms with Gasteiger partial charge in [-0.15, -0.1) is 0 Å². The zero-order chi connectivity index (χ0) is 86.3. The van der Waals surface area contributed by atoms with Crippen molar-refractivity contribution in [3.05, 3.63) is 245 Å². The minimum atomic E-state index is -0.608. The molecule has 0 atom stereocenters. The van der Waals surface area contributed by atoms with Crippen LogP contribution in [0, 0.1) is 68.2 Å². The number of hydrogen-bond donors (Lipinski definition) is 0. The van der Waals surface area contributed by atoms with Gasteiger partial charge in [0.1, 0.15) is 63.5 Å². The van der Waals surface area contributed by atoms with Gasteiger partial charge < -0.3 is 47.4 Å². The van der Waals surface area contributed by atoms with E-state index in [2.05, 4.69) is 0 Å². The second-order valence-corrected chi connectivity index (χ2v) is 32.5. The van der Waals surface area contributed by atoms with Gasteiger partial charge in [-0.25, -0.2) is 0 Å². The van der Waals surface area contributed by atoms with Crippen LogP contribution in [0.15, 0.2) is 176 Å². The van der Waals surface area contributed by atoms with E-state index in [1.165, 1.54) is 30.3 Å². The minimum absolute atomic E-state index is 0.00527. The Labute approximate surface area is 664 Å². The average Bonchev–Trinajstić information content (AvgIpc) is 0.884. The van der Waals surface area contributed by atoms with Gasteiger partial charge in [0.05, 0.1) is 79.6 Å². The van der Waals surface area contributed by atoms with Gasteiger partial charge in [-0.05, 0) is 222 Å². The fourth-order valence-electron chi connectivity index (χ4n) is 7.71. The van der Waals surface area contributed by atoms with Crippen LogP contribution in [-0.4, -0.2) is 77.9 Å². The zero-order valence-electron chi connectivity index (χ0n) is 69.9. The number of ether oxygens (including phenoxy) is 10. The van der Waals surface area contributed by atoms with Crippen molar-refractivity contribution >= 4 is 58.8 Å². The molecule has 7 rings (SSSR count). The number of methoxy groups -OCH3 is 3. The van der Waals surface area contributed by atoms with E-state index in [1.54, 1.807) is 126 Å². The maximum atomic E-state index is 11.6. The molecule has 616 valence electrons. The third-order valence-corrected chi connectivity index (χ3v) is 14.6. The van der Waals surface area contributed by atoms with Crippen LogP contribution in [-0.2, 0) is 113 Å². The molecule has 0 bridgehead atoms. The lowest BCUT2D eigenvalue weighted by molar-refractivity contribution is -0.385. The number of non-ortho nitro benzene ring substituents is 2. The summed E-state index contributed by atoms with van der Waals surface area (Å²) in [6, 6.07) is 50.3. The van der Waals surface area contributed by atoms with Crippen LogP contribution in [0.2, 0.25) is 0 Å². The molecule has 0 saturated carbocycles. The Morgan fingerprint density at radius 3 is 0.912 bits per heavy atom. The maximum absolute atomic E-state index is 11.6. The van der Waals surface area contributed by atoms with Gasteiger partial charge in [-0.2, -0.15) is 0 Å². The fourth-order valence-corrected chi connectivity index (χ4v) is 7.71. The second kappa shape index (κ2) is 46.9. The van der Waals surface area contributed by atoms with Gasteiger partial charge in [0.2, 0.25) is 0 Å². The highest BCUT2D eigenvalue weighted by molar-refractivity contribution is 5.78. The summed E-state index contributed by atoms with van der Waals surface area (Å²) >= 11 is 0. The molecule has 0 fully saturated rings. The summed E-state index contributed by atoms with van der Waals surface area (Å²) in [5, 5.41) is 31.7. The van der Waals surface area contributed by atoms with E-state index >= 15 is 0 Å². The molecular formula is C87H115N3O23. The van der Waals surface area contributed by atoms with Crippen molar-refractivity contribution in [2.45, 2.75) is 192 Å². The number of carbonyl (C=O) groups is 7. The lowest BCUT2D eigenvalue weighted by atomic mass is 9.97. The van der Waals surface area contributed by atoms with Crippen LogP contribution in [0.3, 0.4) is 0 Å². The van der Waals surface area contributed by atoms with Crippen LogP contribution in [0.5, 0.6) is 17.2 Å². The highest BCUT2D eigenvalue weighted by Gasteiger charge is 2.29. The Morgan fingerprint density at radius 2 is 0.558 bits per heavy atom. The lowest BCUT2D eigenvalue weighted by Crippen LogP contribution is -2.22. The van der Waals surface area contributed by atoms with E-state index in [0.717, 1.165) is 45.1 Å². The molecule has 26 heteroatoms. The maximum Gasteiger partial charge on any atom is 0.311 e. The number of hydrogen-bond acceptors (Lipinski definition) is 23. The first-order valence-corrected chi connectivity index (χ1v) is 36.1. The quantitative estimate of drug-likeness (QED) is 0.0296. The smallest absolute Gasteiger partial charge is 0.311 e. The topological polar surface area (TPSA) is 341 Å². The van der Waals surface area contributed by atoms with E-state index in [1.807, 2.05) is 186 Å². The molecule has 7 aromatic rings. The van der Waals surface area contributed by atoms with Crippen LogP contribution in [0.1, 0.15) is 184 Å². The van der Waals surface area contributed by atoms with Crippen LogP contribution >= 0.6 is 0 Å². The number of esters is 7. The van der Waals surface area contributed by atoms with Gasteiger partial charge in [0.15, 0.2) is 0 Å². The predicted molar refractivity (Wildman–Crippen MR) is 429 cm³/mol. The van der Waals surface area contributed by atoms with Gasteiger partial charge in [0.25, 0.3) is 17.1 Å². The van der Waals surface area contributed by atoms with Crippen LogP contribution in [0.4, 0.5) is 17.1 Å². The summed E-state index contributed by atoms with van der Waals surface area (Å²) in [5.41, 5.74) is 1.98. The molecule has 0 N–H and O–H groups in total. The molecule has 0 unspecified atom stereocenters. The van der Waals surface area contributed by atoms with Gasteiger partial charge in [0, 0.05) is 35.9 Å². The Morgan fingerprint density at radius 1 is 0.265 bits per heavy atom. The van der Waals surface area contributed by atoms with Crippen molar-refractivity contribution in [3.8, 4) is 17.2 Å². The molecule has 0 aliphatic heterocycles. The number of nitro groups is 3. The average molecular weight is 1570 g/mol. The summed E-state index contributed by atoms with van der Waals surface area (Å²) < 4.78 is 51.2. The van der Waals surface area contributed by atoms with E-state index in [0.29, 0.717) is 24.3 Å². The normalized spacial score (nSPS) is 11.0. The summed E-state index contributed by atoms with van der Waals surface area (Å²) in [7, 11) is 4.83. The number of benzene rings is 7. The first-order valence-electron chi connectivity index (χ1n) is 36.1. The summed E-state index contributed by atoms with van der Waals surface area (Å²) in [6.45, 7) is 39.1. The highest BCUT2D eigenvalue weighted by atomic mass is 16.6. The molecule has 0 aliphatic carbocycles. The van der Waals surface area contributed by atoms with Gasteiger partial charge in [-0.1, -0.05) is 97.1 Å². The van der Waals surface area contributed by atoms with Crippen molar-refractivity contribution in [2.24, 2.45) is 37.9 Å². The number of nitro benzene ring substituents is 3. The Kier molecular flexibility index (Phi) is 41.3. The van der Waals surface area contributed by atoms with E-state index in [-0.39, 0.29) is 91.9 Å². The second-order valence-electron chi connectivity index (χ2n) is 32.5. The highest BCUT2D eigenvalue weighted by Crippen LogP contribution is 2.27. The minimum Gasteiger partial charge on any atom is -0.497 e. The molecule has 0 spiro atoms. The van der Waals surface area contributed by atoms with Crippen molar-refractivity contribution in [1.82, 2.24) is 0 Å². The summed E-state index contributed by atoms with van der Waals surface area (Å²) in [6.07, 6.45) is 0. The first-order chi connectivity index (χ1) is 52.2. The molecule has 0 saturated heterocycles. The van der Waals surface area contributed by atoms with Crippen LogP contribution in [0.25, 0.3) is 0 Å². The molecule has 0 aliphatic rings. The SMILES string of the molecule is CC(C)(C)C(=O)OCc1ccc([N+](=O)[O-])cc1.CC(C)(C)C(=O)OCc1cccc([N+](=O)[O-])c1.CC(C)(C)C(=O)OCc1ccccc1.CC(C)(C)C(=O)OCc1ccccc1[N+](=O)[O-].COc1ccc(COC(=O)C(C)(C)C)cc1.COc1cccc(COC(=O)C(C)(C)C)c1.COc1ccccc1COC(=O)C(C)(C)C. The van der Waals surface area contributed by atoms with Gasteiger partial charge in [-0.3, -0.25) is 63.9 Å². The van der Waals surface area contributed by atoms with Crippen molar-refractivity contribution in [1.29, 1.82) is 0 Å². The van der Waals surface area contributed by atoms with Crippen molar-refractivity contribution < 1.29 is 95.7 Å². The number of nitrogens with zero attached hydrogens (tertiary/aromatic N) is 3. The Hall–Kier alpha value is -11.6. The Bertz CT molecular complexity index is 4160. The predicted octanol–water partition coefficient (Wildman–Crippen LogP) is 19.2. The molecule has 0 heterocycles. The van der Waals surface area contributed by atoms with Crippen molar-refractivity contribution in [2.75, 3.05) is 21.3 Å². The standard InChI is InChI=1S/3C13H18O3.3C12H15NO4.C12H16O2/c1-13(2,3)12(14)16-9-10-5-7-11(15-4)8-6-10;1-13(2,3)12(14)16-9-10-6-5-7-11(8-10)15-4;1-13(2,3)12(14)16-9-10-7-5-6-8-11(10)15-4;1-12(2,3)11(14)17-8-9-4-6-10(7-5-9)13(15)16;1-12(2,3)11(14)17-8-9-5-4-6-10(7-9)13(15)16;1-12(2,3)11(14)17-8-9-6-4-5-7-10(9)13(15)16;1-12(2,3)11(13)14-9-10-7-5-4-6-8-10/h3*5-8H,9H2,1-4H3;3*4-7H,8H2,1-3H3;4-8H,9H2,1-3H3. The zero-order valence-corrected chi connectivity index (χ0v) is 69.9. The van der Waals surface area contributed by atoms with E-state index in [9.17, 15) is 63.9 Å². The number of rotatable bonds is 20. The molecule has 0 amide bonds. The Balaban J connectivity index is 0.000000660. The third-order valence-electron chi connectivity index (χ3n) is 14.6. The molecule has 26 nitrogen and oxygen atoms in total. The van der Waals surface area contributed by atoms with Crippen LogP contribution < -0.4 is 14.2 Å². The molecular weight excluding hydrogens is 1450 g/mol. The molecule has 7 aromatic carbocycles. The third kappa shape index (κ3) is 41.3. The van der Waals surface area contributed by atoms with E-state index in [4.69, 9.17) is 47.4 Å². The number of para-hydroxylation sites is 2. The summed E-state index contributed by atoms with van der Waals surface area (Å²) in [4.78, 5) is 111. The monoisotopic (exact) mass is 1570 g/mol. The summed E-state index contributed by atoms with van der Waals surface area (Å²) in [5.74, 6) is 0.535. The van der Waals surface area contributed by atoms with Gasteiger partial charge >= 0.3 is 41.8 Å². The first kappa shape index (κ1) is 99.4. The van der Waals surface area contributed by atoms with Crippen molar-refractivity contribution in [3.63, 3.8) is 0 Å².